The van der Waals surface area contributed by atoms with Crippen molar-refractivity contribution in [2.75, 3.05) is 11.4 Å². The molecule has 4 rings (SSSR count). The van der Waals surface area contributed by atoms with E-state index in [1.165, 1.54) is 14.7 Å². The molecule has 3 aromatic rings. The summed E-state index contributed by atoms with van der Waals surface area (Å²) in [5.74, 6) is 0.707. The number of allylic oxidation sites excluding steroid dienone is 1. The van der Waals surface area contributed by atoms with E-state index in [2.05, 4.69) is 40.7 Å². The average molecular weight is 351 g/mol. The lowest BCUT2D eigenvalue weighted by atomic mass is 10.2. The summed E-state index contributed by atoms with van der Waals surface area (Å²) in [4.78, 5) is 32.2. The lowest BCUT2D eigenvalue weighted by Gasteiger charge is -2.29. The van der Waals surface area contributed by atoms with Gasteiger partial charge in [-0.1, -0.05) is 23.8 Å². The first-order chi connectivity index (χ1) is 12.5. The molecule has 7 heteroatoms. The van der Waals surface area contributed by atoms with E-state index in [1.807, 2.05) is 11.5 Å². The lowest BCUT2D eigenvalue weighted by Crippen LogP contribution is -2.39. The van der Waals surface area contributed by atoms with Gasteiger partial charge in [0.1, 0.15) is 0 Å². The second-order valence-corrected chi connectivity index (χ2v) is 6.62. The Morgan fingerprint density at radius 3 is 2.62 bits per heavy atom. The molecule has 0 radical (unpaired) electrons. The minimum atomic E-state index is -0.375. The van der Waals surface area contributed by atoms with Gasteiger partial charge in [-0.05, 0) is 25.5 Å². The Balaban J connectivity index is 1.99. The van der Waals surface area contributed by atoms with Crippen LogP contribution in [0, 0.1) is 6.92 Å². The highest BCUT2D eigenvalue weighted by atomic mass is 16.2. The molecule has 1 aliphatic rings. The highest BCUT2D eigenvalue weighted by Gasteiger charge is 2.26. The molecule has 7 nitrogen and oxygen atoms in total. The third-order valence-electron chi connectivity index (χ3n) is 4.87. The minimum absolute atomic E-state index is 0.184. The molecular weight excluding hydrogens is 330 g/mol. The zero-order chi connectivity index (χ0) is 18.4. The van der Waals surface area contributed by atoms with Crippen LogP contribution in [0.25, 0.3) is 11.2 Å². The first-order valence-electron chi connectivity index (χ1n) is 8.68. The first-order valence-corrected chi connectivity index (χ1v) is 8.68. The normalized spacial score (nSPS) is 13.8. The number of imidazole rings is 1. The zero-order valence-electron chi connectivity index (χ0n) is 15.0. The number of aryl methyl sites for hydroxylation is 3. The van der Waals surface area contributed by atoms with Gasteiger partial charge in [0, 0.05) is 32.4 Å². The molecule has 0 amide bonds. The van der Waals surface area contributed by atoms with Crippen molar-refractivity contribution in [2.45, 2.75) is 26.4 Å². The predicted octanol–water partition coefficient (Wildman–Crippen LogP) is 1.93. The summed E-state index contributed by atoms with van der Waals surface area (Å²) in [6.07, 6.45) is 2.46. The van der Waals surface area contributed by atoms with Crippen molar-refractivity contribution in [1.82, 2.24) is 18.7 Å². The van der Waals surface area contributed by atoms with E-state index in [9.17, 15) is 9.59 Å². The van der Waals surface area contributed by atoms with Crippen LogP contribution in [0.2, 0.25) is 0 Å². The number of benzene rings is 1. The van der Waals surface area contributed by atoms with Crippen LogP contribution in [0.1, 0.15) is 12.0 Å². The minimum Gasteiger partial charge on any atom is -0.312 e. The van der Waals surface area contributed by atoms with Gasteiger partial charge in [-0.3, -0.25) is 13.9 Å². The Bertz CT molecular complexity index is 1120. The molecule has 3 heterocycles. The average Bonchev–Trinajstić information content (AvgIpc) is 3.04. The van der Waals surface area contributed by atoms with Gasteiger partial charge in [0.05, 0.1) is 0 Å². The van der Waals surface area contributed by atoms with Gasteiger partial charge in [-0.2, -0.15) is 4.98 Å². The van der Waals surface area contributed by atoms with Crippen molar-refractivity contribution < 1.29 is 0 Å². The van der Waals surface area contributed by atoms with Crippen LogP contribution < -0.4 is 16.1 Å². The maximum absolute atomic E-state index is 12.9. The van der Waals surface area contributed by atoms with E-state index < -0.39 is 0 Å². The number of nitrogens with zero attached hydrogens (tertiary/aromatic N) is 5. The summed E-state index contributed by atoms with van der Waals surface area (Å²) in [6.45, 7) is 7.40. The molecule has 1 aromatic carbocycles. The fraction of sp³-hybridized carbons (Fsp3) is 0.316. The molecule has 0 saturated carbocycles. The Hall–Kier alpha value is -3.09. The Morgan fingerprint density at radius 2 is 1.92 bits per heavy atom. The van der Waals surface area contributed by atoms with Crippen LogP contribution in [0.4, 0.5) is 11.6 Å². The largest absolute Gasteiger partial charge is 0.332 e. The van der Waals surface area contributed by atoms with Gasteiger partial charge in [0.25, 0.3) is 5.56 Å². The van der Waals surface area contributed by atoms with Crippen LogP contribution in [-0.4, -0.2) is 25.2 Å². The molecule has 26 heavy (non-hydrogen) atoms. The summed E-state index contributed by atoms with van der Waals surface area (Å²) in [5, 5.41) is 0. The maximum Gasteiger partial charge on any atom is 0.332 e. The third kappa shape index (κ3) is 2.31. The van der Waals surface area contributed by atoms with E-state index in [1.54, 1.807) is 13.1 Å². The van der Waals surface area contributed by atoms with Crippen molar-refractivity contribution in [2.24, 2.45) is 7.05 Å². The second-order valence-electron chi connectivity index (χ2n) is 6.62. The van der Waals surface area contributed by atoms with E-state index in [4.69, 9.17) is 0 Å². The van der Waals surface area contributed by atoms with Gasteiger partial charge < -0.3 is 9.47 Å². The highest BCUT2D eigenvalue weighted by molar-refractivity contribution is 5.77. The lowest BCUT2D eigenvalue weighted by molar-refractivity contribution is 0.598. The van der Waals surface area contributed by atoms with Crippen LogP contribution >= 0.6 is 0 Å². The van der Waals surface area contributed by atoms with Gasteiger partial charge in [-0.25, -0.2) is 4.79 Å². The summed E-state index contributed by atoms with van der Waals surface area (Å²) in [7, 11) is 1.65. The first kappa shape index (κ1) is 16.4. The Kier molecular flexibility index (Phi) is 3.79. The van der Waals surface area contributed by atoms with Crippen molar-refractivity contribution in [1.29, 1.82) is 0 Å². The molecule has 0 fully saturated rings. The van der Waals surface area contributed by atoms with Crippen LogP contribution in [0.5, 0.6) is 0 Å². The fourth-order valence-corrected chi connectivity index (χ4v) is 3.52. The molecule has 1 aliphatic heterocycles. The van der Waals surface area contributed by atoms with Crippen LogP contribution in [0.3, 0.4) is 0 Å². The summed E-state index contributed by atoms with van der Waals surface area (Å²) in [6, 6.07) is 8.23. The predicted molar refractivity (Wildman–Crippen MR) is 102 cm³/mol. The van der Waals surface area contributed by atoms with Gasteiger partial charge in [0.2, 0.25) is 5.95 Å². The maximum atomic E-state index is 12.9. The van der Waals surface area contributed by atoms with E-state index in [0.29, 0.717) is 23.7 Å². The Morgan fingerprint density at radius 1 is 1.19 bits per heavy atom. The topological polar surface area (TPSA) is 65.1 Å². The van der Waals surface area contributed by atoms with Gasteiger partial charge in [0.15, 0.2) is 11.2 Å². The van der Waals surface area contributed by atoms with Gasteiger partial charge >= 0.3 is 5.69 Å². The number of hydrogen-bond acceptors (Lipinski definition) is 4. The molecule has 0 N–H and O–H groups in total. The molecule has 134 valence electrons. The summed E-state index contributed by atoms with van der Waals surface area (Å²) in [5.41, 5.74) is 2.43. The standard InChI is InChI=1S/C19H21N5O2/c1-4-10-24-17(25)15-16(21(3)19(24)26)20-18-22(11-5-12-23(15)18)14-8-6-13(2)7-9-14/h4,6-9H,1,5,10-12H2,2-3H3. The molecule has 0 aliphatic carbocycles. The number of fused-ring (bicyclic) bond motifs is 3. The van der Waals surface area contributed by atoms with E-state index in [0.717, 1.165) is 18.7 Å². The monoisotopic (exact) mass is 351 g/mol. The van der Waals surface area contributed by atoms with Crippen molar-refractivity contribution in [3.05, 3.63) is 63.3 Å². The van der Waals surface area contributed by atoms with Crippen molar-refractivity contribution in [3.8, 4) is 0 Å². The van der Waals surface area contributed by atoms with Crippen LogP contribution in [-0.2, 0) is 20.1 Å². The third-order valence-corrected chi connectivity index (χ3v) is 4.87. The zero-order valence-corrected chi connectivity index (χ0v) is 15.0. The molecular formula is C19H21N5O2. The molecule has 0 bridgehead atoms. The Labute approximate surface area is 150 Å². The molecule has 2 aromatic heterocycles. The van der Waals surface area contributed by atoms with Crippen molar-refractivity contribution >= 4 is 22.8 Å². The molecule has 0 spiro atoms. The quantitative estimate of drug-likeness (QED) is 0.677. The van der Waals surface area contributed by atoms with Crippen LogP contribution in [0.15, 0.2) is 46.5 Å². The molecule has 0 unspecified atom stereocenters. The number of rotatable bonds is 3. The van der Waals surface area contributed by atoms with E-state index in [-0.39, 0.29) is 17.8 Å². The smallest absolute Gasteiger partial charge is 0.312 e. The molecule has 0 saturated heterocycles. The number of anilines is 2. The fourth-order valence-electron chi connectivity index (χ4n) is 3.52. The van der Waals surface area contributed by atoms with Gasteiger partial charge in [-0.15, -0.1) is 6.58 Å². The second kappa shape index (κ2) is 6.01. The molecule has 0 atom stereocenters. The summed E-state index contributed by atoms with van der Waals surface area (Å²) < 4.78 is 4.58. The summed E-state index contributed by atoms with van der Waals surface area (Å²) >= 11 is 0. The van der Waals surface area contributed by atoms with Crippen molar-refractivity contribution in [3.63, 3.8) is 0 Å². The number of aromatic nitrogens is 4. The SMILES string of the molecule is C=CCn1c(=O)c2c(nc3n2CCCN3c2ccc(C)cc2)n(C)c1=O. The number of hydrogen-bond donors (Lipinski definition) is 0. The highest BCUT2D eigenvalue weighted by Crippen LogP contribution is 2.30. The van der Waals surface area contributed by atoms with E-state index >= 15 is 0 Å².